The fourth-order valence-electron chi connectivity index (χ4n) is 1.91. The van der Waals surface area contributed by atoms with Crippen LogP contribution >= 0.6 is 0 Å². The largest absolute Gasteiger partial charge is 0.385 e. The molecule has 0 saturated heterocycles. The van der Waals surface area contributed by atoms with Crippen molar-refractivity contribution in [1.29, 1.82) is 0 Å². The molecule has 21 heavy (non-hydrogen) atoms. The number of unbranched alkanes of at least 4 members (excludes halogenated alkanes) is 2. The van der Waals surface area contributed by atoms with E-state index in [1.807, 2.05) is 16.9 Å². The van der Waals surface area contributed by atoms with Gasteiger partial charge in [0.1, 0.15) is 0 Å². The molecule has 0 bridgehead atoms. The molecule has 1 aromatic heterocycles. The van der Waals surface area contributed by atoms with Gasteiger partial charge < -0.3 is 15.4 Å². The molecule has 0 aromatic carbocycles. The Morgan fingerprint density at radius 3 is 2.76 bits per heavy atom. The van der Waals surface area contributed by atoms with Crippen LogP contribution in [0.1, 0.15) is 44.8 Å². The number of methoxy groups -OCH3 is 1. The maximum atomic E-state index is 5.03. The van der Waals surface area contributed by atoms with Crippen LogP contribution in [0, 0.1) is 0 Å². The first-order valence-electron chi connectivity index (χ1n) is 7.65. The molecule has 1 rings (SSSR count). The van der Waals surface area contributed by atoms with E-state index in [1.54, 1.807) is 14.2 Å². The summed E-state index contributed by atoms with van der Waals surface area (Å²) in [5, 5.41) is 11.1. The molecule has 1 aromatic rings. The van der Waals surface area contributed by atoms with Crippen molar-refractivity contribution in [2.75, 3.05) is 27.3 Å². The summed E-state index contributed by atoms with van der Waals surface area (Å²) >= 11 is 0. The Balaban J connectivity index is 2.21. The van der Waals surface area contributed by atoms with Gasteiger partial charge in [0.2, 0.25) is 0 Å². The summed E-state index contributed by atoms with van der Waals surface area (Å²) in [4.78, 5) is 4.21. The maximum absolute atomic E-state index is 5.03. The van der Waals surface area contributed by atoms with Gasteiger partial charge in [0.15, 0.2) is 5.96 Å². The molecule has 2 N–H and O–H groups in total. The molecular formula is C15H29N5O. The van der Waals surface area contributed by atoms with Crippen LogP contribution in [0.4, 0.5) is 0 Å². The van der Waals surface area contributed by atoms with Crippen molar-refractivity contribution >= 4 is 5.96 Å². The van der Waals surface area contributed by atoms with Crippen molar-refractivity contribution in [3.05, 3.63) is 18.0 Å². The Morgan fingerprint density at radius 2 is 2.14 bits per heavy atom. The number of nitrogens with zero attached hydrogens (tertiary/aromatic N) is 3. The van der Waals surface area contributed by atoms with Crippen LogP contribution in [0.5, 0.6) is 0 Å². The highest BCUT2D eigenvalue weighted by Gasteiger charge is 2.03. The lowest BCUT2D eigenvalue weighted by atomic mass is 10.2. The fourth-order valence-corrected chi connectivity index (χ4v) is 1.91. The zero-order valence-electron chi connectivity index (χ0n) is 13.7. The molecule has 0 aliphatic rings. The minimum absolute atomic E-state index is 0.392. The number of guanidine groups is 1. The van der Waals surface area contributed by atoms with Gasteiger partial charge in [-0.05, 0) is 39.2 Å². The van der Waals surface area contributed by atoms with Gasteiger partial charge >= 0.3 is 0 Å². The van der Waals surface area contributed by atoms with Crippen molar-refractivity contribution in [2.24, 2.45) is 4.99 Å². The second-order valence-electron chi connectivity index (χ2n) is 5.29. The van der Waals surface area contributed by atoms with Crippen molar-refractivity contribution < 1.29 is 4.74 Å². The van der Waals surface area contributed by atoms with E-state index < -0.39 is 0 Å². The number of nitrogens with one attached hydrogen (secondary N) is 2. The standard InChI is InChI=1S/C15H29N5O/c1-13(2)20-10-8-14(19-20)12-18-15(16-3)17-9-6-5-7-11-21-4/h8,10,13H,5-7,9,11-12H2,1-4H3,(H2,16,17,18). The van der Waals surface area contributed by atoms with Gasteiger partial charge in [-0.2, -0.15) is 5.10 Å². The van der Waals surface area contributed by atoms with E-state index in [4.69, 9.17) is 4.74 Å². The molecule has 0 spiro atoms. The lowest BCUT2D eigenvalue weighted by Crippen LogP contribution is -2.37. The Bertz CT molecular complexity index is 414. The van der Waals surface area contributed by atoms with E-state index in [0.717, 1.165) is 44.1 Å². The summed E-state index contributed by atoms with van der Waals surface area (Å²) in [6, 6.07) is 2.42. The minimum atomic E-state index is 0.392. The van der Waals surface area contributed by atoms with E-state index in [2.05, 4.69) is 34.6 Å². The Labute approximate surface area is 128 Å². The fraction of sp³-hybridized carbons (Fsp3) is 0.733. The molecule has 1 heterocycles. The number of ether oxygens (including phenoxy) is 1. The molecule has 0 radical (unpaired) electrons. The van der Waals surface area contributed by atoms with Gasteiger partial charge in [0.05, 0.1) is 12.2 Å². The summed E-state index contributed by atoms with van der Waals surface area (Å²) in [5.74, 6) is 0.820. The Morgan fingerprint density at radius 1 is 1.33 bits per heavy atom. The monoisotopic (exact) mass is 295 g/mol. The van der Waals surface area contributed by atoms with Crippen LogP contribution in [-0.4, -0.2) is 43.0 Å². The van der Waals surface area contributed by atoms with Gasteiger partial charge in [-0.25, -0.2) is 0 Å². The molecule has 0 unspecified atom stereocenters. The van der Waals surface area contributed by atoms with E-state index in [1.165, 1.54) is 0 Å². The third-order valence-electron chi connectivity index (χ3n) is 3.17. The summed E-state index contributed by atoms with van der Waals surface area (Å²) in [6.07, 6.45) is 5.40. The summed E-state index contributed by atoms with van der Waals surface area (Å²) in [5.41, 5.74) is 1.02. The van der Waals surface area contributed by atoms with Crippen LogP contribution in [-0.2, 0) is 11.3 Å². The van der Waals surface area contributed by atoms with E-state index >= 15 is 0 Å². The number of aromatic nitrogens is 2. The molecule has 0 atom stereocenters. The normalized spacial score (nSPS) is 12.0. The molecule has 0 aliphatic heterocycles. The van der Waals surface area contributed by atoms with Crippen LogP contribution in [0.25, 0.3) is 0 Å². The Hall–Kier alpha value is -1.56. The number of hydrogen-bond acceptors (Lipinski definition) is 3. The van der Waals surface area contributed by atoms with Gasteiger partial charge in [-0.3, -0.25) is 9.67 Å². The molecule has 0 fully saturated rings. The highest BCUT2D eigenvalue weighted by atomic mass is 16.5. The summed E-state index contributed by atoms with van der Waals surface area (Å²) < 4.78 is 6.99. The molecule has 0 amide bonds. The van der Waals surface area contributed by atoms with Gasteiger partial charge in [0.25, 0.3) is 0 Å². The molecule has 6 nitrogen and oxygen atoms in total. The lowest BCUT2D eigenvalue weighted by molar-refractivity contribution is 0.192. The Kier molecular flexibility index (Phi) is 8.50. The highest BCUT2D eigenvalue weighted by molar-refractivity contribution is 5.79. The molecule has 6 heteroatoms. The number of aliphatic imine (C=N–C) groups is 1. The van der Waals surface area contributed by atoms with Crippen molar-refractivity contribution in [3.8, 4) is 0 Å². The third-order valence-corrected chi connectivity index (χ3v) is 3.17. The molecule has 0 aliphatic carbocycles. The van der Waals surface area contributed by atoms with Crippen LogP contribution in [0.2, 0.25) is 0 Å². The van der Waals surface area contributed by atoms with E-state index in [-0.39, 0.29) is 0 Å². The van der Waals surface area contributed by atoms with Crippen LogP contribution < -0.4 is 10.6 Å². The van der Waals surface area contributed by atoms with Gasteiger partial charge in [-0.1, -0.05) is 0 Å². The third kappa shape index (κ3) is 7.13. The van der Waals surface area contributed by atoms with Crippen molar-refractivity contribution in [1.82, 2.24) is 20.4 Å². The SMILES string of the molecule is CN=C(NCCCCCOC)NCc1ccn(C(C)C)n1. The maximum Gasteiger partial charge on any atom is 0.191 e. The second-order valence-corrected chi connectivity index (χ2v) is 5.29. The van der Waals surface area contributed by atoms with Crippen molar-refractivity contribution in [2.45, 2.75) is 45.7 Å². The number of rotatable bonds is 9. The lowest BCUT2D eigenvalue weighted by Gasteiger charge is -2.11. The first-order chi connectivity index (χ1) is 10.2. The average Bonchev–Trinajstić information content (AvgIpc) is 2.95. The molecule has 120 valence electrons. The summed E-state index contributed by atoms with van der Waals surface area (Å²) in [6.45, 7) is 6.68. The molecular weight excluding hydrogens is 266 g/mol. The predicted octanol–water partition coefficient (Wildman–Crippen LogP) is 1.95. The predicted molar refractivity (Wildman–Crippen MR) is 86.5 cm³/mol. The highest BCUT2D eigenvalue weighted by Crippen LogP contribution is 2.03. The zero-order chi connectivity index (χ0) is 15.5. The topological polar surface area (TPSA) is 63.5 Å². The number of hydrogen-bond donors (Lipinski definition) is 2. The summed E-state index contributed by atoms with van der Waals surface area (Å²) in [7, 11) is 3.53. The van der Waals surface area contributed by atoms with Gasteiger partial charge in [-0.15, -0.1) is 0 Å². The first kappa shape index (κ1) is 17.5. The van der Waals surface area contributed by atoms with Gasteiger partial charge in [0, 0.05) is 39.5 Å². The van der Waals surface area contributed by atoms with Crippen LogP contribution in [0.3, 0.4) is 0 Å². The minimum Gasteiger partial charge on any atom is -0.385 e. The molecule has 0 saturated carbocycles. The quantitative estimate of drug-likeness (QED) is 0.415. The average molecular weight is 295 g/mol. The van der Waals surface area contributed by atoms with E-state index in [0.29, 0.717) is 12.6 Å². The van der Waals surface area contributed by atoms with Crippen molar-refractivity contribution in [3.63, 3.8) is 0 Å². The second kappa shape index (κ2) is 10.2. The smallest absolute Gasteiger partial charge is 0.191 e. The van der Waals surface area contributed by atoms with Crippen LogP contribution in [0.15, 0.2) is 17.3 Å². The zero-order valence-corrected chi connectivity index (χ0v) is 13.7. The van der Waals surface area contributed by atoms with E-state index in [9.17, 15) is 0 Å². The first-order valence-corrected chi connectivity index (χ1v) is 7.65.